The molecule has 114 valence electrons. The summed E-state index contributed by atoms with van der Waals surface area (Å²) >= 11 is 0. The average Bonchev–Trinajstić information content (AvgIpc) is 3.11. The Morgan fingerprint density at radius 2 is 2.27 bits per heavy atom. The second kappa shape index (κ2) is 5.06. The minimum atomic E-state index is -0.148. The number of fused-ring (bicyclic) bond motifs is 1. The van der Waals surface area contributed by atoms with E-state index in [2.05, 4.69) is 30.2 Å². The second-order valence-corrected chi connectivity index (χ2v) is 5.45. The van der Waals surface area contributed by atoms with Crippen LogP contribution in [0.5, 0.6) is 0 Å². The van der Waals surface area contributed by atoms with Gasteiger partial charge in [-0.2, -0.15) is 10.2 Å². The normalized spacial score (nSPS) is 19.0. The fourth-order valence-electron chi connectivity index (χ4n) is 2.78. The molecule has 0 aromatic carbocycles. The van der Waals surface area contributed by atoms with Crippen molar-refractivity contribution in [3.05, 3.63) is 35.8 Å². The van der Waals surface area contributed by atoms with Crippen LogP contribution in [-0.4, -0.2) is 49.5 Å². The molecule has 8 nitrogen and oxygen atoms in total. The van der Waals surface area contributed by atoms with Crippen LogP contribution in [0.3, 0.4) is 0 Å². The lowest BCUT2D eigenvalue weighted by atomic mass is 10.2. The quantitative estimate of drug-likeness (QED) is 0.761. The molecule has 0 amide bonds. The number of hydrogen-bond donors (Lipinski definition) is 1. The van der Waals surface area contributed by atoms with Gasteiger partial charge in [-0.3, -0.25) is 5.10 Å². The van der Waals surface area contributed by atoms with Crippen molar-refractivity contribution in [3.8, 4) is 0 Å². The van der Waals surface area contributed by atoms with E-state index < -0.39 is 0 Å². The predicted octanol–water partition coefficient (Wildman–Crippen LogP) is 1.04. The van der Waals surface area contributed by atoms with Gasteiger partial charge in [0.15, 0.2) is 11.6 Å². The van der Waals surface area contributed by atoms with E-state index in [1.165, 1.54) is 0 Å². The monoisotopic (exact) mass is 299 g/mol. The minimum absolute atomic E-state index is 0.148. The molecule has 0 spiro atoms. The van der Waals surface area contributed by atoms with Gasteiger partial charge in [-0.15, -0.1) is 0 Å². The predicted molar refractivity (Wildman–Crippen MR) is 79.7 cm³/mol. The smallest absolute Gasteiger partial charge is 0.181 e. The molecule has 1 N–H and O–H groups in total. The Hall–Kier alpha value is -2.48. The molecular weight excluding hydrogens is 282 g/mol. The lowest BCUT2D eigenvalue weighted by Crippen LogP contribution is -2.39. The summed E-state index contributed by atoms with van der Waals surface area (Å²) in [6.07, 6.45) is 3.49. The third-order valence-electron chi connectivity index (χ3n) is 3.76. The lowest BCUT2D eigenvalue weighted by Gasteiger charge is -2.32. The van der Waals surface area contributed by atoms with Crippen LogP contribution in [0.4, 0.5) is 5.82 Å². The summed E-state index contributed by atoms with van der Waals surface area (Å²) in [7, 11) is 0. The van der Waals surface area contributed by atoms with Gasteiger partial charge < -0.3 is 9.64 Å². The number of ether oxygens (including phenoxy) is 1. The van der Waals surface area contributed by atoms with E-state index in [1.807, 2.05) is 30.6 Å². The summed E-state index contributed by atoms with van der Waals surface area (Å²) in [6, 6.07) is 2.05. The van der Waals surface area contributed by atoms with E-state index in [0.717, 1.165) is 29.4 Å². The average molecular weight is 299 g/mol. The van der Waals surface area contributed by atoms with Gasteiger partial charge in [0.2, 0.25) is 0 Å². The van der Waals surface area contributed by atoms with E-state index in [9.17, 15) is 0 Å². The number of hydrogen-bond acceptors (Lipinski definition) is 6. The Kier molecular flexibility index (Phi) is 3.04. The molecule has 1 aliphatic rings. The molecule has 0 radical (unpaired) electrons. The zero-order valence-electron chi connectivity index (χ0n) is 12.5. The third-order valence-corrected chi connectivity index (χ3v) is 3.76. The molecule has 0 bridgehead atoms. The van der Waals surface area contributed by atoms with E-state index >= 15 is 0 Å². The van der Waals surface area contributed by atoms with Crippen LogP contribution in [0, 0.1) is 13.8 Å². The maximum Gasteiger partial charge on any atom is 0.181 e. The van der Waals surface area contributed by atoms with Crippen molar-refractivity contribution in [3.63, 3.8) is 0 Å². The van der Waals surface area contributed by atoms with Crippen LogP contribution >= 0.6 is 0 Å². The SMILES string of the molecule is Cc1cc2c(N3CCOC(c4n[nH]c(C)n4)C3)nccn2n1. The number of morpholine rings is 1. The zero-order valence-corrected chi connectivity index (χ0v) is 12.5. The summed E-state index contributed by atoms with van der Waals surface area (Å²) in [5.41, 5.74) is 1.98. The van der Waals surface area contributed by atoms with Gasteiger partial charge in [-0.25, -0.2) is 14.5 Å². The Labute approximate surface area is 127 Å². The van der Waals surface area contributed by atoms with Crippen LogP contribution in [0.15, 0.2) is 18.5 Å². The van der Waals surface area contributed by atoms with Gasteiger partial charge in [0.05, 0.1) is 18.8 Å². The maximum atomic E-state index is 5.81. The maximum absolute atomic E-state index is 5.81. The molecule has 3 aromatic heterocycles. The molecule has 1 saturated heterocycles. The van der Waals surface area contributed by atoms with Crippen LogP contribution in [0.1, 0.15) is 23.4 Å². The van der Waals surface area contributed by atoms with Crippen molar-refractivity contribution in [1.29, 1.82) is 0 Å². The minimum Gasteiger partial charge on any atom is -0.366 e. The summed E-state index contributed by atoms with van der Waals surface area (Å²) in [5.74, 6) is 2.41. The standard InChI is InChI=1S/C14H17N7O/c1-9-7-11-14(15-3-4-21(11)19-9)20-5-6-22-12(8-20)13-16-10(2)17-18-13/h3-4,7,12H,5-6,8H2,1-2H3,(H,16,17,18). The van der Waals surface area contributed by atoms with Crippen LogP contribution in [-0.2, 0) is 4.74 Å². The first-order chi connectivity index (χ1) is 10.7. The van der Waals surface area contributed by atoms with E-state index in [4.69, 9.17) is 4.74 Å². The van der Waals surface area contributed by atoms with Gasteiger partial charge in [-0.05, 0) is 19.9 Å². The van der Waals surface area contributed by atoms with Gasteiger partial charge in [0.25, 0.3) is 0 Å². The second-order valence-electron chi connectivity index (χ2n) is 5.45. The van der Waals surface area contributed by atoms with E-state index in [1.54, 1.807) is 6.20 Å². The van der Waals surface area contributed by atoms with Crippen LogP contribution < -0.4 is 4.90 Å². The number of aromatic nitrogens is 6. The Morgan fingerprint density at radius 3 is 3.09 bits per heavy atom. The molecule has 3 aromatic rings. The number of nitrogens with one attached hydrogen (secondary N) is 1. The molecule has 1 unspecified atom stereocenters. The fraction of sp³-hybridized carbons (Fsp3) is 0.429. The molecular formula is C14H17N7O. The zero-order chi connectivity index (χ0) is 15.1. The fourth-order valence-corrected chi connectivity index (χ4v) is 2.78. The van der Waals surface area contributed by atoms with Crippen molar-refractivity contribution >= 4 is 11.3 Å². The van der Waals surface area contributed by atoms with Gasteiger partial charge in [0.1, 0.15) is 17.4 Å². The number of H-pyrrole nitrogens is 1. The van der Waals surface area contributed by atoms with Crippen molar-refractivity contribution in [2.45, 2.75) is 20.0 Å². The highest BCUT2D eigenvalue weighted by Gasteiger charge is 2.27. The van der Waals surface area contributed by atoms with Crippen molar-refractivity contribution in [2.75, 3.05) is 24.6 Å². The first-order valence-electron chi connectivity index (χ1n) is 7.27. The number of aryl methyl sites for hydroxylation is 2. The van der Waals surface area contributed by atoms with Gasteiger partial charge in [0, 0.05) is 18.9 Å². The van der Waals surface area contributed by atoms with Crippen molar-refractivity contribution < 1.29 is 4.74 Å². The van der Waals surface area contributed by atoms with Crippen LogP contribution in [0.25, 0.3) is 5.52 Å². The summed E-state index contributed by atoms with van der Waals surface area (Å²) in [5, 5.41) is 11.5. The Morgan fingerprint density at radius 1 is 1.36 bits per heavy atom. The highest BCUT2D eigenvalue weighted by atomic mass is 16.5. The van der Waals surface area contributed by atoms with Crippen molar-refractivity contribution in [1.82, 2.24) is 29.8 Å². The number of anilines is 1. The topological polar surface area (TPSA) is 84.2 Å². The summed E-state index contributed by atoms with van der Waals surface area (Å²) in [6.45, 7) is 5.95. The highest BCUT2D eigenvalue weighted by molar-refractivity contribution is 5.69. The van der Waals surface area contributed by atoms with Gasteiger partial charge in [-0.1, -0.05) is 0 Å². The Bertz CT molecular complexity index is 808. The molecule has 22 heavy (non-hydrogen) atoms. The largest absolute Gasteiger partial charge is 0.366 e. The summed E-state index contributed by atoms with van der Waals surface area (Å²) < 4.78 is 7.67. The lowest BCUT2D eigenvalue weighted by molar-refractivity contribution is 0.0340. The molecule has 1 atom stereocenters. The molecule has 0 saturated carbocycles. The highest BCUT2D eigenvalue weighted by Crippen LogP contribution is 2.26. The Balaban J connectivity index is 1.66. The number of aromatic amines is 1. The van der Waals surface area contributed by atoms with Gasteiger partial charge >= 0.3 is 0 Å². The van der Waals surface area contributed by atoms with Crippen LogP contribution in [0.2, 0.25) is 0 Å². The molecule has 1 aliphatic heterocycles. The molecule has 4 heterocycles. The third kappa shape index (κ3) is 2.21. The first kappa shape index (κ1) is 13.2. The molecule has 4 rings (SSSR count). The number of nitrogens with zero attached hydrogens (tertiary/aromatic N) is 6. The molecule has 1 fully saturated rings. The number of rotatable bonds is 2. The van der Waals surface area contributed by atoms with E-state index in [-0.39, 0.29) is 6.10 Å². The van der Waals surface area contributed by atoms with Crippen molar-refractivity contribution in [2.24, 2.45) is 0 Å². The van der Waals surface area contributed by atoms with E-state index in [0.29, 0.717) is 19.0 Å². The molecule has 8 heteroatoms. The first-order valence-corrected chi connectivity index (χ1v) is 7.27. The molecule has 0 aliphatic carbocycles. The summed E-state index contributed by atoms with van der Waals surface area (Å²) in [4.78, 5) is 11.1.